The lowest BCUT2D eigenvalue weighted by Gasteiger charge is -2.51. The molecular weight excluding hydrogens is 456 g/mol. The second-order valence-corrected chi connectivity index (χ2v) is 11.1. The predicted octanol–water partition coefficient (Wildman–Crippen LogP) is 3.99. The summed E-state index contributed by atoms with van der Waals surface area (Å²) in [5.74, 6) is 0.234. The molecule has 188 valence electrons. The Hall–Kier alpha value is -1.92. The van der Waals surface area contributed by atoms with Crippen LogP contribution < -0.4 is 10.6 Å². The van der Waals surface area contributed by atoms with Crippen LogP contribution in [0.3, 0.4) is 0 Å². The smallest absolute Gasteiger partial charge is 0.240 e. The molecule has 3 aliphatic heterocycles. The van der Waals surface area contributed by atoms with Gasteiger partial charge < -0.3 is 15.5 Å². The van der Waals surface area contributed by atoms with E-state index in [1.807, 2.05) is 24.3 Å². The van der Waals surface area contributed by atoms with Crippen molar-refractivity contribution >= 4 is 17.5 Å². The zero-order valence-corrected chi connectivity index (χ0v) is 21.7. The van der Waals surface area contributed by atoms with Crippen LogP contribution in [0.1, 0.15) is 48.8 Å². The highest BCUT2D eigenvalue weighted by molar-refractivity contribution is 6.30. The van der Waals surface area contributed by atoms with Crippen molar-refractivity contribution in [2.24, 2.45) is 0 Å². The number of rotatable bonds is 6. The monoisotopic (exact) mass is 494 g/mol. The van der Waals surface area contributed by atoms with Crippen LogP contribution in [0.15, 0.2) is 48.5 Å². The topological polar surface area (TPSA) is 47.6 Å². The summed E-state index contributed by atoms with van der Waals surface area (Å²) in [4.78, 5) is 18.5. The molecule has 1 spiro atoms. The molecule has 2 atom stereocenters. The van der Waals surface area contributed by atoms with E-state index in [1.54, 1.807) is 0 Å². The average molecular weight is 495 g/mol. The molecule has 5 nitrogen and oxygen atoms in total. The van der Waals surface area contributed by atoms with E-state index in [4.69, 9.17) is 11.6 Å². The maximum atomic E-state index is 13.8. The average Bonchev–Trinajstić information content (AvgIpc) is 2.91. The molecule has 0 saturated carbocycles. The summed E-state index contributed by atoms with van der Waals surface area (Å²) in [5.41, 5.74) is 4.15. The van der Waals surface area contributed by atoms with Gasteiger partial charge in [-0.3, -0.25) is 9.69 Å². The lowest BCUT2D eigenvalue weighted by atomic mass is 9.74. The number of nitrogens with zero attached hydrogens (tertiary/aromatic N) is 2. The number of likely N-dealkylation sites (tertiary alicyclic amines) is 1. The van der Waals surface area contributed by atoms with Crippen molar-refractivity contribution in [1.82, 2.24) is 20.4 Å². The van der Waals surface area contributed by atoms with E-state index in [9.17, 15) is 4.79 Å². The molecule has 3 aliphatic rings. The fourth-order valence-corrected chi connectivity index (χ4v) is 6.48. The lowest BCUT2D eigenvalue weighted by Crippen LogP contribution is -2.58. The second kappa shape index (κ2) is 11.0. The van der Waals surface area contributed by atoms with Crippen molar-refractivity contribution in [2.75, 3.05) is 39.8 Å². The van der Waals surface area contributed by atoms with Gasteiger partial charge in [0.15, 0.2) is 0 Å². The number of halogens is 1. The molecule has 3 heterocycles. The minimum atomic E-state index is -0.217. The maximum Gasteiger partial charge on any atom is 0.240 e. The van der Waals surface area contributed by atoms with Crippen molar-refractivity contribution in [3.63, 3.8) is 0 Å². The van der Waals surface area contributed by atoms with Crippen molar-refractivity contribution in [3.05, 3.63) is 70.2 Å². The fourth-order valence-electron chi connectivity index (χ4n) is 6.35. The Morgan fingerprint density at radius 2 is 1.89 bits per heavy atom. The van der Waals surface area contributed by atoms with Gasteiger partial charge in [0.25, 0.3) is 0 Å². The molecule has 0 unspecified atom stereocenters. The van der Waals surface area contributed by atoms with Crippen LogP contribution in [0.25, 0.3) is 0 Å². The second-order valence-electron chi connectivity index (χ2n) is 10.6. The van der Waals surface area contributed by atoms with Gasteiger partial charge in [-0.15, -0.1) is 0 Å². The molecule has 2 saturated heterocycles. The third-order valence-electron chi connectivity index (χ3n) is 8.54. The highest BCUT2D eigenvalue weighted by Crippen LogP contribution is 2.42. The van der Waals surface area contributed by atoms with Crippen molar-refractivity contribution in [2.45, 2.75) is 62.6 Å². The number of benzene rings is 2. The van der Waals surface area contributed by atoms with Gasteiger partial charge in [0.2, 0.25) is 5.91 Å². The number of piperidine rings is 2. The van der Waals surface area contributed by atoms with Gasteiger partial charge in [0.05, 0.1) is 6.04 Å². The summed E-state index contributed by atoms with van der Waals surface area (Å²) in [7, 11) is 2.26. The summed E-state index contributed by atoms with van der Waals surface area (Å²) < 4.78 is 0. The number of fused-ring (bicyclic) bond motifs is 2. The van der Waals surface area contributed by atoms with Crippen LogP contribution in [0.5, 0.6) is 0 Å². The molecule has 0 radical (unpaired) electrons. The summed E-state index contributed by atoms with van der Waals surface area (Å²) in [6.07, 6.45) is 7.46. The Morgan fingerprint density at radius 1 is 1.11 bits per heavy atom. The first-order valence-corrected chi connectivity index (χ1v) is 13.7. The molecule has 2 aromatic rings. The summed E-state index contributed by atoms with van der Waals surface area (Å²) in [6.45, 7) is 4.60. The van der Waals surface area contributed by atoms with E-state index >= 15 is 0 Å². The number of likely N-dealkylation sites (N-methyl/N-ethyl adjacent to an activating group) is 1. The van der Waals surface area contributed by atoms with Crippen LogP contribution in [0, 0.1) is 0 Å². The molecule has 6 heteroatoms. The summed E-state index contributed by atoms with van der Waals surface area (Å²) >= 11 is 6.11. The lowest BCUT2D eigenvalue weighted by molar-refractivity contribution is -0.136. The number of amides is 1. The Kier molecular flexibility index (Phi) is 7.78. The number of hydrogen-bond acceptors (Lipinski definition) is 4. The Labute approximate surface area is 215 Å². The van der Waals surface area contributed by atoms with E-state index in [0.717, 1.165) is 62.6 Å². The number of carbonyl (C=O) groups excluding carboxylic acids is 1. The van der Waals surface area contributed by atoms with Gasteiger partial charge in [-0.05, 0) is 80.9 Å². The van der Waals surface area contributed by atoms with Crippen molar-refractivity contribution in [1.29, 1.82) is 0 Å². The third-order valence-corrected chi connectivity index (χ3v) is 8.79. The number of nitrogens with one attached hydrogen (secondary N) is 2. The zero-order valence-electron chi connectivity index (χ0n) is 20.9. The molecule has 2 fully saturated rings. The molecular formula is C29H39ClN4O. The minimum absolute atomic E-state index is 0.0523. The quantitative estimate of drug-likeness (QED) is 0.637. The zero-order chi connectivity index (χ0) is 24.3. The standard InChI is InChI=1S/C29H39ClN4O/c1-33-17-13-23-6-2-3-8-26(23)29(33)14-18-34(19-15-29)28(35)27(20-22-9-11-24(30)12-10-22)32-21-25-7-4-5-16-31-25/h2-3,6,8-12,25,27,31-32H,4-5,7,13-21H2,1H3/t25-,27-/m1/s1. The Bertz CT molecular complexity index is 996. The van der Waals surface area contributed by atoms with Crippen LogP contribution in [-0.2, 0) is 23.2 Å². The summed E-state index contributed by atoms with van der Waals surface area (Å²) in [6, 6.07) is 17.1. The fraction of sp³-hybridized carbons (Fsp3) is 0.552. The number of carbonyl (C=O) groups is 1. The number of hydrogen-bond donors (Lipinski definition) is 2. The van der Waals surface area contributed by atoms with E-state index in [0.29, 0.717) is 12.5 Å². The highest BCUT2D eigenvalue weighted by atomic mass is 35.5. The molecule has 0 aromatic heterocycles. The van der Waals surface area contributed by atoms with Crippen molar-refractivity contribution < 1.29 is 4.79 Å². The van der Waals surface area contributed by atoms with E-state index in [2.05, 4.69) is 51.7 Å². The predicted molar refractivity (Wildman–Crippen MR) is 143 cm³/mol. The van der Waals surface area contributed by atoms with E-state index < -0.39 is 0 Å². The van der Waals surface area contributed by atoms with Crippen LogP contribution in [0.4, 0.5) is 0 Å². The molecule has 0 aliphatic carbocycles. The SMILES string of the molecule is CN1CCc2ccccc2C12CCN(C(=O)[C@@H](Cc1ccc(Cl)cc1)NC[C@H]1CCCCN1)CC2. The first-order chi connectivity index (χ1) is 17.0. The first kappa shape index (κ1) is 24.8. The Morgan fingerprint density at radius 3 is 2.63 bits per heavy atom. The van der Waals surface area contributed by atoms with Crippen LogP contribution in [0.2, 0.25) is 5.02 Å². The maximum absolute atomic E-state index is 13.8. The highest BCUT2D eigenvalue weighted by Gasteiger charge is 2.44. The minimum Gasteiger partial charge on any atom is -0.341 e. The van der Waals surface area contributed by atoms with Gasteiger partial charge in [-0.1, -0.05) is 54.4 Å². The van der Waals surface area contributed by atoms with Crippen LogP contribution in [-0.4, -0.2) is 67.6 Å². The van der Waals surface area contributed by atoms with E-state index in [-0.39, 0.29) is 17.5 Å². The largest absolute Gasteiger partial charge is 0.341 e. The molecule has 2 aromatic carbocycles. The van der Waals surface area contributed by atoms with Gasteiger partial charge >= 0.3 is 0 Å². The summed E-state index contributed by atoms with van der Waals surface area (Å²) in [5, 5.41) is 7.99. The molecule has 1 amide bonds. The normalized spacial score (nSPS) is 23.1. The first-order valence-electron chi connectivity index (χ1n) is 13.3. The molecule has 0 bridgehead atoms. The molecule has 2 N–H and O–H groups in total. The van der Waals surface area contributed by atoms with Crippen LogP contribution >= 0.6 is 11.6 Å². The van der Waals surface area contributed by atoms with Crippen molar-refractivity contribution in [3.8, 4) is 0 Å². The molecule has 35 heavy (non-hydrogen) atoms. The van der Waals surface area contributed by atoms with E-state index in [1.165, 1.54) is 30.4 Å². The van der Waals surface area contributed by atoms with Gasteiger partial charge in [-0.25, -0.2) is 0 Å². The third kappa shape index (κ3) is 5.43. The molecule has 5 rings (SSSR count). The van der Waals surface area contributed by atoms with Gasteiger partial charge in [0, 0.05) is 42.8 Å². The Balaban J connectivity index is 1.28. The van der Waals surface area contributed by atoms with Gasteiger partial charge in [0.1, 0.15) is 0 Å². The van der Waals surface area contributed by atoms with Gasteiger partial charge in [-0.2, -0.15) is 0 Å².